The molecule has 1 spiro atoms. The third-order valence-corrected chi connectivity index (χ3v) is 6.66. The van der Waals surface area contributed by atoms with Gasteiger partial charge in [0.05, 0.1) is 6.10 Å². The van der Waals surface area contributed by atoms with Crippen LogP contribution in [0.2, 0.25) is 0 Å². The first-order chi connectivity index (χ1) is 9.46. The van der Waals surface area contributed by atoms with E-state index in [2.05, 4.69) is 20.8 Å². The predicted octanol–water partition coefficient (Wildman–Crippen LogP) is 2.65. The van der Waals surface area contributed by atoms with E-state index in [1.807, 2.05) is 0 Å². The van der Waals surface area contributed by atoms with Crippen LogP contribution in [0.1, 0.15) is 52.9 Å². The molecule has 2 aliphatic carbocycles. The molecular formula is C16H26O4. The van der Waals surface area contributed by atoms with Crippen LogP contribution in [0.15, 0.2) is 0 Å². The summed E-state index contributed by atoms with van der Waals surface area (Å²) in [5.41, 5.74) is -0.579. The largest absolute Gasteiger partial charge is 0.368 e. The Balaban J connectivity index is 1.82. The minimum absolute atomic E-state index is 0.0206. The van der Waals surface area contributed by atoms with Crippen molar-refractivity contribution in [2.45, 2.75) is 76.5 Å². The van der Waals surface area contributed by atoms with Crippen LogP contribution in [0.3, 0.4) is 0 Å². The van der Waals surface area contributed by atoms with Gasteiger partial charge in [-0.25, -0.2) is 9.78 Å². The van der Waals surface area contributed by atoms with Crippen molar-refractivity contribution in [1.29, 1.82) is 0 Å². The molecule has 4 nitrogen and oxygen atoms in total. The van der Waals surface area contributed by atoms with E-state index < -0.39 is 6.29 Å². The highest BCUT2D eigenvalue weighted by atomic mass is 17.2. The molecule has 1 unspecified atom stereocenters. The normalized spacial score (nSPS) is 61.8. The Morgan fingerprint density at radius 3 is 2.65 bits per heavy atom. The maximum atomic E-state index is 10.3. The molecule has 0 radical (unpaired) electrons. The number of hydrogen-bond donors (Lipinski definition) is 1. The smallest absolute Gasteiger partial charge is 0.157 e. The molecule has 0 aromatic carbocycles. The SMILES string of the molecule is C[C@@H]1CC[C@H]2[C@@H](C)C(O)O[C@@H]3C[C@]4(C)CC[C@@H]1[C@]32OO4. The Hall–Kier alpha value is -0.160. The van der Waals surface area contributed by atoms with Gasteiger partial charge in [0.1, 0.15) is 11.2 Å². The molecule has 2 saturated carbocycles. The van der Waals surface area contributed by atoms with Gasteiger partial charge in [0.25, 0.3) is 0 Å². The van der Waals surface area contributed by atoms with Gasteiger partial charge in [-0.1, -0.05) is 13.8 Å². The fourth-order valence-corrected chi connectivity index (χ4v) is 5.44. The first kappa shape index (κ1) is 13.5. The average molecular weight is 282 g/mol. The molecule has 5 fully saturated rings. The number of hydrogen-bond acceptors (Lipinski definition) is 4. The third-order valence-electron chi connectivity index (χ3n) is 6.66. The Kier molecular flexibility index (Phi) is 2.83. The highest BCUT2D eigenvalue weighted by Gasteiger charge is 2.67. The second-order valence-corrected chi connectivity index (χ2v) is 7.85. The first-order valence-electron chi connectivity index (χ1n) is 8.17. The number of aliphatic hydroxyl groups is 1. The fraction of sp³-hybridized carbons (Fsp3) is 1.00. The molecule has 3 saturated heterocycles. The van der Waals surface area contributed by atoms with E-state index in [9.17, 15) is 5.11 Å². The standard InChI is InChI=1S/C16H26O4/c1-9-4-5-12-10(2)14(17)18-13-8-15(3)7-6-11(9)16(12,13)20-19-15/h9-14,17H,4-8H2,1-3H3/t9-,10-,11+,12+,13-,14?,15+,16-/m1/s1. The summed E-state index contributed by atoms with van der Waals surface area (Å²) in [6.07, 6.45) is 4.68. The molecule has 20 heavy (non-hydrogen) atoms. The van der Waals surface area contributed by atoms with Gasteiger partial charge in [-0.15, -0.1) is 0 Å². The zero-order valence-corrected chi connectivity index (χ0v) is 12.7. The summed E-state index contributed by atoms with van der Waals surface area (Å²) in [4.78, 5) is 12.0. The second-order valence-electron chi connectivity index (χ2n) is 7.85. The fourth-order valence-electron chi connectivity index (χ4n) is 5.44. The van der Waals surface area contributed by atoms with Gasteiger partial charge >= 0.3 is 0 Å². The average Bonchev–Trinajstić information content (AvgIpc) is 2.63. The van der Waals surface area contributed by atoms with Crippen molar-refractivity contribution in [3.8, 4) is 0 Å². The van der Waals surface area contributed by atoms with E-state index >= 15 is 0 Å². The molecule has 4 heteroatoms. The number of aliphatic hydroxyl groups excluding tert-OH is 1. The maximum absolute atomic E-state index is 10.3. The van der Waals surface area contributed by atoms with Crippen LogP contribution in [0.4, 0.5) is 0 Å². The van der Waals surface area contributed by atoms with E-state index in [0.29, 0.717) is 17.8 Å². The van der Waals surface area contributed by atoms with Gasteiger partial charge in [0.15, 0.2) is 6.29 Å². The van der Waals surface area contributed by atoms with Gasteiger partial charge < -0.3 is 9.84 Å². The summed E-state index contributed by atoms with van der Waals surface area (Å²) < 4.78 is 6.01. The lowest BCUT2D eigenvalue weighted by Gasteiger charge is -2.60. The Morgan fingerprint density at radius 1 is 1.05 bits per heavy atom. The zero-order chi connectivity index (χ0) is 14.1. The summed E-state index contributed by atoms with van der Waals surface area (Å²) in [7, 11) is 0. The van der Waals surface area contributed by atoms with Crippen molar-refractivity contribution in [3.63, 3.8) is 0 Å². The van der Waals surface area contributed by atoms with Crippen LogP contribution in [0, 0.1) is 23.7 Å². The summed E-state index contributed by atoms with van der Waals surface area (Å²) in [5.74, 6) is 1.60. The topological polar surface area (TPSA) is 47.9 Å². The summed E-state index contributed by atoms with van der Waals surface area (Å²) in [5, 5.41) is 10.3. The van der Waals surface area contributed by atoms with Crippen molar-refractivity contribution in [1.82, 2.24) is 0 Å². The van der Waals surface area contributed by atoms with Crippen LogP contribution >= 0.6 is 0 Å². The van der Waals surface area contributed by atoms with Crippen LogP contribution in [0.25, 0.3) is 0 Å². The van der Waals surface area contributed by atoms with Crippen LogP contribution in [0.5, 0.6) is 0 Å². The van der Waals surface area contributed by atoms with E-state index in [1.165, 1.54) is 6.42 Å². The number of rotatable bonds is 0. The molecule has 114 valence electrons. The molecule has 3 aliphatic heterocycles. The minimum atomic E-state index is -0.656. The Labute approximate surface area is 120 Å². The highest BCUT2D eigenvalue weighted by molar-refractivity contribution is 5.13. The molecule has 2 bridgehead atoms. The van der Waals surface area contributed by atoms with Crippen molar-refractivity contribution in [2.75, 3.05) is 0 Å². The molecule has 5 rings (SSSR count). The molecule has 5 aliphatic rings. The summed E-state index contributed by atoms with van der Waals surface area (Å²) in [6.45, 7) is 6.55. The summed E-state index contributed by atoms with van der Waals surface area (Å²) in [6, 6.07) is 0. The second kappa shape index (κ2) is 4.19. The van der Waals surface area contributed by atoms with E-state index in [0.717, 1.165) is 25.7 Å². The molecule has 0 amide bonds. The third kappa shape index (κ3) is 1.57. The molecule has 3 heterocycles. The van der Waals surface area contributed by atoms with Gasteiger partial charge in [-0.3, -0.25) is 0 Å². The summed E-state index contributed by atoms with van der Waals surface area (Å²) >= 11 is 0. The molecule has 0 aromatic rings. The van der Waals surface area contributed by atoms with Crippen molar-refractivity contribution in [2.24, 2.45) is 23.7 Å². The van der Waals surface area contributed by atoms with Gasteiger partial charge in [-0.2, -0.15) is 0 Å². The molecular weight excluding hydrogens is 256 g/mol. The molecule has 0 aromatic heterocycles. The number of ether oxygens (including phenoxy) is 1. The van der Waals surface area contributed by atoms with Crippen molar-refractivity contribution in [3.05, 3.63) is 0 Å². The Morgan fingerprint density at radius 2 is 1.85 bits per heavy atom. The van der Waals surface area contributed by atoms with Crippen LogP contribution in [-0.2, 0) is 14.5 Å². The molecule has 8 atom stereocenters. The van der Waals surface area contributed by atoms with E-state index in [4.69, 9.17) is 14.5 Å². The lowest BCUT2D eigenvalue weighted by Crippen LogP contribution is -2.69. The van der Waals surface area contributed by atoms with E-state index in [1.54, 1.807) is 0 Å². The van der Waals surface area contributed by atoms with Crippen molar-refractivity contribution < 1.29 is 19.6 Å². The van der Waals surface area contributed by atoms with Gasteiger partial charge in [0.2, 0.25) is 0 Å². The van der Waals surface area contributed by atoms with Crippen LogP contribution < -0.4 is 0 Å². The first-order valence-corrected chi connectivity index (χ1v) is 8.17. The number of fused-ring (bicyclic) bond motifs is 2. The Bertz CT molecular complexity index is 409. The van der Waals surface area contributed by atoms with E-state index in [-0.39, 0.29) is 23.2 Å². The maximum Gasteiger partial charge on any atom is 0.157 e. The highest BCUT2D eigenvalue weighted by Crippen LogP contribution is 2.61. The minimum Gasteiger partial charge on any atom is -0.368 e. The lowest BCUT2D eigenvalue weighted by atomic mass is 9.56. The lowest BCUT2D eigenvalue weighted by molar-refractivity contribution is -0.494. The predicted molar refractivity (Wildman–Crippen MR) is 72.6 cm³/mol. The monoisotopic (exact) mass is 282 g/mol. The molecule has 1 N–H and O–H groups in total. The quantitative estimate of drug-likeness (QED) is 0.694. The van der Waals surface area contributed by atoms with Gasteiger partial charge in [0, 0.05) is 18.3 Å². The van der Waals surface area contributed by atoms with Crippen LogP contribution in [-0.4, -0.2) is 28.7 Å². The van der Waals surface area contributed by atoms with Crippen molar-refractivity contribution >= 4 is 0 Å². The van der Waals surface area contributed by atoms with Gasteiger partial charge in [-0.05, 0) is 44.4 Å². The zero-order valence-electron chi connectivity index (χ0n) is 12.7.